The summed E-state index contributed by atoms with van der Waals surface area (Å²) in [6, 6.07) is 0. The minimum absolute atomic E-state index is 0.281. The molecular formula is C7H14O2. The van der Waals surface area contributed by atoms with Gasteiger partial charge in [-0.1, -0.05) is 12.5 Å². The third-order valence-electron chi connectivity index (χ3n) is 1.13. The predicted octanol–water partition coefficient (Wildman–Crippen LogP) is 1.61. The van der Waals surface area contributed by atoms with E-state index in [1.807, 2.05) is 0 Å². The van der Waals surface area contributed by atoms with Gasteiger partial charge in [-0.15, -0.1) is 0 Å². The molecule has 0 aromatic rings. The van der Waals surface area contributed by atoms with E-state index >= 15 is 0 Å². The van der Waals surface area contributed by atoms with E-state index in [2.05, 4.69) is 0 Å². The Balaban J connectivity index is 2.75. The Morgan fingerprint density at radius 3 is 2.44 bits per heavy atom. The lowest BCUT2D eigenvalue weighted by Gasteiger charge is -1.91. The Labute approximate surface area is 55.8 Å². The van der Waals surface area contributed by atoms with Gasteiger partial charge in [0.25, 0.3) is 0 Å². The fourth-order valence-corrected chi connectivity index (χ4v) is 0.625. The maximum absolute atomic E-state index is 8.36. The van der Waals surface area contributed by atoms with E-state index in [4.69, 9.17) is 10.2 Å². The lowest BCUT2D eigenvalue weighted by atomic mass is 10.2. The van der Waals surface area contributed by atoms with Gasteiger partial charge in [0.2, 0.25) is 0 Å². The Morgan fingerprint density at radius 2 is 1.89 bits per heavy atom. The second-order valence-corrected chi connectivity index (χ2v) is 1.96. The summed E-state index contributed by atoms with van der Waals surface area (Å²) in [5, 5.41) is 16.5. The summed E-state index contributed by atoms with van der Waals surface area (Å²) >= 11 is 0. The van der Waals surface area contributed by atoms with Crippen LogP contribution in [0.3, 0.4) is 0 Å². The van der Waals surface area contributed by atoms with Gasteiger partial charge in [0.05, 0.1) is 6.26 Å². The molecule has 0 unspecified atom stereocenters. The number of hydrogen-bond donors (Lipinski definition) is 2. The van der Waals surface area contributed by atoms with Gasteiger partial charge in [-0.05, 0) is 19.3 Å². The molecule has 0 radical (unpaired) electrons. The van der Waals surface area contributed by atoms with E-state index in [0.717, 1.165) is 31.9 Å². The summed E-state index contributed by atoms with van der Waals surface area (Å²) in [6.45, 7) is 0.281. The van der Waals surface area contributed by atoms with Crippen molar-refractivity contribution in [3.63, 3.8) is 0 Å². The van der Waals surface area contributed by atoms with Crippen molar-refractivity contribution in [2.24, 2.45) is 0 Å². The number of hydrogen-bond acceptors (Lipinski definition) is 2. The molecule has 0 saturated heterocycles. The van der Waals surface area contributed by atoms with Crippen LogP contribution in [0, 0.1) is 0 Å². The average molecular weight is 130 g/mol. The number of rotatable bonds is 5. The molecule has 2 heteroatoms. The highest BCUT2D eigenvalue weighted by Crippen LogP contribution is 1.98. The Morgan fingerprint density at radius 1 is 1.11 bits per heavy atom. The lowest BCUT2D eigenvalue weighted by molar-refractivity contribution is 0.283. The Kier molecular flexibility index (Phi) is 7.08. The Bertz CT molecular complexity index is 69.3. The third kappa shape index (κ3) is 7.50. The molecule has 0 aromatic carbocycles. The van der Waals surface area contributed by atoms with Gasteiger partial charge in [0.15, 0.2) is 0 Å². The molecular weight excluding hydrogens is 116 g/mol. The highest BCUT2D eigenvalue weighted by molar-refractivity contribution is 4.70. The molecule has 0 amide bonds. The molecule has 2 nitrogen and oxygen atoms in total. The van der Waals surface area contributed by atoms with Crippen LogP contribution >= 0.6 is 0 Å². The summed E-state index contributed by atoms with van der Waals surface area (Å²) in [6.07, 6.45) is 6.67. The number of aliphatic hydroxyl groups excluding tert-OH is 2. The molecule has 0 spiro atoms. The van der Waals surface area contributed by atoms with Crippen LogP contribution < -0.4 is 0 Å². The van der Waals surface area contributed by atoms with Gasteiger partial charge >= 0.3 is 0 Å². The quantitative estimate of drug-likeness (QED) is 0.438. The maximum Gasteiger partial charge on any atom is 0.0751 e. The summed E-state index contributed by atoms with van der Waals surface area (Å²) < 4.78 is 0. The fraction of sp³-hybridized carbons (Fsp3) is 0.714. The summed E-state index contributed by atoms with van der Waals surface area (Å²) in [7, 11) is 0. The fourth-order valence-electron chi connectivity index (χ4n) is 0.625. The van der Waals surface area contributed by atoms with Gasteiger partial charge < -0.3 is 10.2 Å². The average Bonchev–Trinajstić information content (AvgIpc) is 1.89. The van der Waals surface area contributed by atoms with Crippen LogP contribution in [0.25, 0.3) is 0 Å². The van der Waals surface area contributed by atoms with Crippen molar-refractivity contribution >= 4 is 0 Å². The second-order valence-electron chi connectivity index (χ2n) is 1.96. The minimum Gasteiger partial charge on any atom is -0.516 e. The summed E-state index contributed by atoms with van der Waals surface area (Å²) in [5.74, 6) is 0. The SMILES string of the molecule is O/C=C/CCCCCO. The second kappa shape index (κ2) is 7.50. The molecule has 0 heterocycles. The molecule has 0 aromatic heterocycles. The van der Waals surface area contributed by atoms with Crippen LogP contribution in [0.2, 0.25) is 0 Å². The van der Waals surface area contributed by atoms with Crippen LogP contribution in [0.15, 0.2) is 12.3 Å². The van der Waals surface area contributed by atoms with E-state index in [0.29, 0.717) is 0 Å². The Hall–Kier alpha value is -0.500. The van der Waals surface area contributed by atoms with Crippen molar-refractivity contribution in [2.75, 3.05) is 6.61 Å². The molecule has 0 rings (SSSR count). The van der Waals surface area contributed by atoms with Crippen LogP contribution in [-0.2, 0) is 0 Å². The van der Waals surface area contributed by atoms with Gasteiger partial charge in [-0.3, -0.25) is 0 Å². The van der Waals surface area contributed by atoms with Crippen molar-refractivity contribution < 1.29 is 10.2 Å². The molecule has 0 fully saturated rings. The smallest absolute Gasteiger partial charge is 0.0751 e. The van der Waals surface area contributed by atoms with E-state index in [1.165, 1.54) is 0 Å². The van der Waals surface area contributed by atoms with Crippen molar-refractivity contribution in [1.29, 1.82) is 0 Å². The topological polar surface area (TPSA) is 40.5 Å². The molecule has 0 aliphatic carbocycles. The molecule has 9 heavy (non-hydrogen) atoms. The van der Waals surface area contributed by atoms with Crippen LogP contribution in [0.4, 0.5) is 0 Å². The highest BCUT2D eigenvalue weighted by Gasteiger charge is 1.83. The first-order valence-corrected chi connectivity index (χ1v) is 3.32. The molecule has 54 valence electrons. The lowest BCUT2D eigenvalue weighted by Crippen LogP contribution is -1.81. The van der Waals surface area contributed by atoms with Crippen molar-refractivity contribution in [3.8, 4) is 0 Å². The standard InChI is InChI=1S/C7H14O2/c8-6-4-2-1-3-5-7-9/h4,6,8-9H,1-3,5,7H2/b6-4+. The van der Waals surface area contributed by atoms with Crippen molar-refractivity contribution in [2.45, 2.75) is 25.7 Å². The monoisotopic (exact) mass is 130 g/mol. The normalized spacial score (nSPS) is 10.8. The molecule has 0 aliphatic rings. The van der Waals surface area contributed by atoms with Crippen molar-refractivity contribution in [3.05, 3.63) is 12.3 Å². The van der Waals surface area contributed by atoms with E-state index in [1.54, 1.807) is 6.08 Å². The maximum atomic E-state index is 8.36. The molecule has 0 bridgehead atoms. The highest BCUT2D eigenvalue weighted by atomic mass is 16.3. The van der Waals surface area contributed by atoms with Crippen LogP contribution in [0.5, 0.6) is 0 Å². The summed E-state index contributed by atoms with van der Waals surface area (Å²) in [4.78, 5) is 0. The van der Waals surface area contributed by atoms with E-state index < -0.39 is 0 Å². The first kappa shape index (κ1) is 8.50. The van der Waals surface area contributed by atoms with Gasteiger partial charge in [0, 0.05) is 6.61 Å². The predicted molar refractivity (Wildman–Crippen MR) is 37.3 cm³/mol. The zero-order chi connectivity index (χ0) is 6.95. The number of unbranched alkanes of at least 4 members (excludes halogenated alkanes) is 3. The van der Waals surface area contributed by atoms with Crippen LogP contribution in [-0.4, -0.2) is 16.8 Å². The van der Waals surface area contributed by atoms with E-state index in [9.17, 15) is 0 Å². The third-order valence-corrected chi connectivity index (χ3v) is 1.13. The molecule has 0 saturated carbocycles. The van der Waals surface area contributed by atoms with Gasteiger partial charge in [0.1, 0.15) is 0 Å². The molecule has 0 aliphatic heterocycles. The number of allylic oxidation sites excluding steroid dienone is 1. The van der Waals surface area contributed by atoms with Gasteiger partial charge in [-0.2, -0.15) is 0 Å². The van der Waals surface area contributed by atoms with Crippen LogP contribution in [0.1, 0.15) is 25.7 Å². The first-order valence-electron chi connectivity index (χ1n) is 3.32. The number of aliphatic hydroxyl groups is 2. The summed E-state index contributed by atoms with van der Waals surface area (Å²) in [5.41, 5.74) is 0. The molecule has 2 N–H and O–H groups in total. The first-order chi connectivity index (χ1) is 4.41. The minimum atomic E-state index is 0.281. The molecule has 0 atom stereocenters. The van der Waals surface area contributed by atoms with E-state index in [-0.39, 0.29) is 6.61 Å². The van der Waals surface area contributed by atoms with Crippen molar-refractivity contribution in [1.82, 2.24) is 0 Å². The largest absolute Gasteiger partial charge is 0.516 e. The zero-order valence-electron chi connectivity index (χ0n) is 5.58. The zero-order valence-corrected chi connectivity index (χ0v) is 5.58. The van der Waals surface area contributed by atoms with Gasteiger partial charge in [-0.25, -0.2) is 0 Å².